The van der Waals surface area contributed by atoms with Crippen molar-refractivity contribution in [1.29, 1.82) is 0 Å². The van der Waals surface area contributed by atoms with Crippen LogP contribution < -0.4 is 10.9 Å². The van der Waals surface area contributed by atoms with Gasteiger partial charge in [0.15, 0.2) is 0 Å². The molecule has 1 aliphatic heterocycles. The molecule has 0 amide bonds. The molecule has 0 N–H and O–H groups in total. The Balaban J connectivity index is 2.51. The fourth-order valence-corrected chi connectivity index (χ4v) is 5.90. The normalized spacial score (nSPS) is 16.6. The van der Waals surface area contributed by atoms with E-state index >= 15 is 0 Å². The van der Waals surface area contributed by atoms with Gasteiger partial charge >= 0.3 is 7.25 Å². The Morgan fingerprint density at radius 1 is 0.725 bits per heavy atom. The molecule has 1 saturated heterocycles. The number of benzene rings is 2. The van der Waals surface area contributed by atoms with Crippen molar-refractivity contribution in [3.63, 3.8) is 0 Å². The molecular weight excluding hydrogens is 490 g/mol. The first-order valence-electron chi connectivity index (χ1n) is 14.7. The van der Waals surface area contributed by atoms with E-state index in [1.807, 2.05) is 0 Å². The minimum absolute atomic E-state index is 0.120. The highest BCUT2D eigenvalue weighted by molar-refractivity contribution is 6.93. The van der Waals surface area contributed by atoms with Gasteiger partial charge in [-0.25, -0.2) is 4.99 Å². The minimum atomic E-state index is -0.595. The van der Waals surface area contributed by atoms with Gasteiger partial charge in [0, 0.05) is 11.1 Å². The second-order valence-corrected chi connectivity index (χ2v) is 14.9. The summed E-state index contributed by atoms with van der Waals surface area (Å²) in [6, 6.07) is 9.18. The lowest BCUT2D eigenvalue weighted by Crippen LogP contribution is -2.61. The minimum Gasteiger partial charge on any atom is -0.384 e. The number of aliphatic imine (C=N–C) groups is 1. The number of nitrogens with zero attached hydrogens (tertiary/aromatic N) is 2. The van der Waals surface area contributed by atoms with Crippen LogP contribution in [0.5, 0.6) is 0 Å². The van der Waals surface area contributed by atoms with Gasteiger partial charge in [0.25, 0.3) is 6.71 Å². The fraction of sp³-hybridized carbons (Fsp3) is 0.588. The van der Waals surface area contributed by atoms with Crippen molar-refractivity contribution in [1.82, 2.24) is 4.81 Å². The maximum Gasteiger partial charge on any atom is 0.594 e. The average molecular weight is 542 g/mol. The second kappa shape index (κ2) is 10.9. The molecule has 2 aromatic carbocycles. The van der Waals surface area contributed by atoms with Crippen LogP contribution >= 0.6 is 0 Å². The summed E-state index contributed by atoms with van der Waals surface area (Å²) >= 11 is 0. The molecule has 0 bridgehead atoms. The van der Waals surface area contributed by atoms with Gasteiger partial charge in [-0.05, 0) is 117 Å². The smallest absolute Gasteiger partial charge is 0.384 e. The molecule has 1 aliphatic rings. The molecule has 216 valence electrons. The van der Waals surface area contributed by atoms with Crippen molar-refractivity contribution in [3.05, 3.63) is 63.2 Å². The number of hydrogen-bond donors (Lipinski definition) is 0. The Morgan fingerprint density at radius 2 is 1.07 bits per heavy atom. The first kappa shape index (κ1) is 32.3. The zero-order valence-corrected chi connectivity index (χ0v) is 28.2. The third-order valence-corrected chi connectivity index (χ3v) is 8.27. The summed E-state index contributed by atoms with van der Waals surface area (Å²) in [6.45, 7) is 34.6. The van der Waals surface area contributed by atoms with Crippen LogP contribution in [0.3, 0.4) is 0 Å². The summed E-state index contributed by atoms with van der Waals surface area (Å²) in [5.41, 5.74) is 9.52. The van der Waals surface area contributed by atoms with Crippen LogP contribution in [0.15, 0.2) is 34.9 Å². The van der Waals surface area contributed by atoms with Crippen molar-refractivity contribution in [2.75, 3.05) is 0 Å². The van der Waals surface area contributed by atoms with E-state index in [9.17, 15) is 0 Å². The summed E-state index contributed by atoms with van der Waals surface area (Å²) in [6.07, 6.45) is 0. The van der Waals surface area contributed by atoms with Gasteiger partial charge in [0.1, 0.15) is 0 Å². The number of hydrogen-bond acceptors (Lipinski definition) is 4. The Labute approximate surface area is 245 Å². The monoisotopic (exact) mass is 542 g/mol. The van der Waals surface area contributed by atoms with Gasteiger partial charge in [-0.3, -0.25) is 0 Å². The first-order valence-corrected chi connectivity index (χ1v) is 14.7. The molecule has 40 heavy (non-hydrogen) atoms. The molecule has 0 spiro atoms. The Morgan fingerprint density at radius 3 is 1.38 bits per heavy atom. The Bertz CT molecular complexity index is 1220. The van der Waals surface area contributed by atoms with Crippen molar-refractivity contribution in [3.8, 4) is 0 Å². The van der Waals surface area contributed by atoms with Crippen molar-refractivity contribution in [2.24, 2.45) is 4.99 Å². The summed E-state index contributed by atoms with van der Waals surface area (Å²) in [5.74, 6) is 3.64. The molecule has 0 aromatic heterocycles. The summed E-state index contributed by atoms with van der Waals surface area (Å²) < 4.78 is 13.5. The third kappa shape index (κ3) is 6.62. The van der Waals surface area contributed by atoms with Gasteiger partial charge < -0.3 is 14.1 Å². The van der Waals surface area contributed by atoms with E-state index in [0.717, 1.165) is 5.60 Å². The Hall–Kier alpha value is -2.26. The van der Waals surface area contributed by atoms with Crippen molar-refractivity contribution in [2.45, 2.75) is 133 Å². The molecule has 4 nitrogen and oxygen atoms in total. The maximum atomic E-state index is 6.75. The van der Waals surface area contributed by atoms with E-state index in [-0.39, 0.29) is 17.8 Å². The highest BCUT2D eigenvalue weighted by Gasteiger charge is 2.57. The number of rotatable bonds is 5. The molecule has 0 unspecified atom stereocenters. The van der Waals surface area contributed by atoms with E-state index in [1.54, 1.807) is 0 Å². The van der Waals surface area contributed by atoms with E-state index in [4.69, 9.17) is 14.3 Å². The predicted molar refractivity (Wildman–Crippen MR) is 175 cm³/mol. The average Bonchev–Trinajstić information content (AvgIpc) is 2.93. The SMILES string of the molecule is Cc1cc(C)c(B(C(=C=NC(C)(C)C)N(B2OC(C)(C)C(C)(C)O2)C(C)(C)C)c2c(C)cc(C)cc2C)c(C)c1. The van der Waals surface area contributed by atoms with Crippen LogP contribution in [-0.2, 0) is 9.31 Å². The van der Waals surface area contributed by atoms with Gasteiger partial charge in [0.2, 0.25) is 0 Å². The lowest BCUT2D eigenvalue weighted by molar-refractivity contribution is 0.00578. The highest BCUT2D eigenvalue weighted by atomic mass is 16.7. The van der Waals surface area contributed by atoms with Crippen molar-refractivity contribution >= 4 is 30.8 Å². The molecule has 0 radical (unpaired) electrons. The molecule has 6 heteroatoms. The largest absolute Gasteiger partial charge is 0.594 e. The molecule has 3 rings (SSSR count). The quantitative estimate of drug-likeness (QED) is 0.311. The van der Waals surface area contributed by atoms with Crippen LogP contribution in [0.2, 0.25) is 0 Å². The molecule has 1 fully saturated rings. The fourth-order valence-electron chi connectivity index (χ4n) is 5.90. The lowest BCUT2D eigenvalue weighted by Gasteiger charge is -2.42. The highest BCUT2D eigenvalue weighted by Crippen LogP contribution is 2.40. The van der Waals surface area contributed by atoms with Gasteiger partial charge in [0.05, 0.1) is 16.7 Å². The van der Waals surface area contributed by atoms with Crippen LogP contribution in [-0.4, -0.2) is 46.9 Å². The molecule has 0 saturated carbocycles. The van der Waals surface area contributed by atoms with E-state index in [2.05, 4.69) is 146 Å². The van der Waals surface area contributed by atoms with Crippen LogP contribution in [0.1, 0.15) is 103 Å². The van der Waals surface area contributed by atoms with E-state index in [0.29, 0.717) is 0 Å². The third-order valence-electron chi connectivity index (χ3n) is 8.27. The summed E-state index contributed by atoms with van der Waals surface area (Å²) in [5, 5.41) is 0. The van der Waals surface area contributed by atoms with Crippen LogP contribution in [0, 0.1) is 41.5 Å². The summed E-state index contributed by atoms with van der Waals surface area (Å²) in [4.78, 5) is 7.31. The standard InChI is InChI=1S/C34H52B2N2O2/c1-22-17-24(3)29(25(4)18-22)35(30-26(5)19-23(2)20-27(30)6)28(21-37-31(7,8)9)38(32(10,11)12)36-39-33(13,14)34(15,16)40-36/h17-20H,1-16H3. The van der Waals surface area contributed by atoms with Gasteiger partial charge in [-0.1, -0.05) is 68.6 Å². The molecular formula is C34H52B2N2O2. The molecule has 2 aromatic rings. The van der Waals surface area contributed by atoms with Gasteiger partial charge in [-0.15, -0.1) is 0 Å². The van der Waals surface area contributed by atoms with Gasteiger partial charge in [-0.2, -0.15) is 0 Å². The zero-order chi connectivity index (χ0) is 30.6. The van der Waals surface area contributed by atoms with Crippen molar-refractivity contribution < 1.29 is 9.31 Å². The Kier molecular flexibility index (Phi) is 8.76. The van der Waals surface area contributed by atoms with Crippen LogP contribution in [0.25, 0.3) is 0 Å². The zero-order valence-electron chi connectivity index (χ0n) is 28.2. The molecule has 0 aliphatic carbocycles. The van der Waals surface area contributed by atoms with E-state index in [1.165, 1.54) is 44.3 Å². The lowest BCUT2D eigenvalue weighted by atomic mass is 9.34. The molecule has 0 atom stereocenters. The topological polar surface area (TPSA) is 34.1 Å². The maximum absolute atomic E-state index is 6.75. The first-order chi connectivity index (χ1) is 18.1. The van der Waals surface area contributed by atoms with Crippen LogP contribution in [0.4, 0.5) is 0 Å². The molecule has 1 heterocycles. The van der Waals surface area contributed by atoms with E-state index < -0.39 is 18.5 Å². The summed E-state index contributed by atoms with van der Waals surface area (Å²) in [7, 11) is -0.595. The second-order valence-electron chi connectivity index (χ2n) is 14.9. The predicted octanol–water partition coefficient (Wildman–Crippen LogP) is 6.73. The number of aryl methyl sites for hydroxylation is 6.